The lowest BCUT2D eigenvalue weighted by molar-refractivity contribution is 0.237. The summed E-state index contributed by atoms with van der Waals surface area (Å²) in [4.78, 5) is 15.5. The summed E-state index contributed by atoms with van der Waals surface area (Å²) >= 11 is 0. The summed E-state index contributed by atoms with van der Waals surface area (Å²) in [5, 5.41) is 14.1. The van der Waals surface area contributed by atoms with Crippen molar-refractivity contribution in [2.75, 3.05) is 13.2 Å². The van der Waals surface area contributed by atoms with E-state index in [-0.39, 0.29) is 12.6 Å². The van der Waals surface area contributed by atoms with E-state index in [1.807, 2.05) is 35.0 Å². The number of aliphatic hydroxyl groups excluding tert-OH is 1. The molecule has 2 amide bonds. The molecule has 0 saturated carbocycles. The first-order chi connectivity index (χ1) is 10.3. The minimum absolute atomic E-state index is 0.0820. The topological polar surface area (TPSA) is 79.2 Å². The molecule has 1 aromatic heterocycles. The minimum Gasteiger partial charge on any atom is -0.396 e. The first-order valence-corrected chi connectivity index (χ1v) is 6.94. The first kappa shape index (κ1) is 15.1. The van der Waals surface area contributed by atoms with E-state index in [4.69, 9.17) is 5.11 Å². The van der Waals surface area contributed by atoms with E-state index in [0.717, 1.165) is 12.1 Å². The number of rotatable bonds is 7. The van der Waals surface area contributed by atoms with E-state index in [0.29, 0.717) is 19.5 Å². The Morgan fingerprint density at radius 1 is 1.19 bits per heavy atom. The van der Waals surface area contributed by atoms with Gasteiger partial charge in [0.1, 0.15) is 0 Å². The van der Waals surface area contributed by atoms with E-state index in [1.165, 1.54) is 5.56 Å². The smallest absolute Gasteiger partial charge is 0.315 e. The molecule has 0 unspecified atom stereocenters. The SMILES string of the molecule is O=C(NCCCO)NCc1ccc(Cn2ccnc2)cc1. The zero-order valence-electron chi connectivity index (χ0n) is 11.8. The predicted molar refractivity (Wildman–Crippen MR) is 79.7 cm³/mol. The van der Waals surface area contributed by atoms with Crippen molar-refractivity contribution < 1.29 is 9.90 Å². The van der Waals surface area contributed by atoms with Crippen LogP contribution in [0.3, 0.4) is 0 Å². The molecule has 0 fully saturated rings. The molecule has 1 heterocycles. The number of aliphatic hydroxyl groups is 1. The fourth-order valence-electron chi connectivity index (χ4n) is 1.88. The Hall–Kier alpha value is -2.34. The maximum atomic E-state index is 11.5. The Morgan fingerprint density at radius 3 is 2.62 bits per heavy atom. The van der Waals surface area contributed by atoms with Crippen LogP contribution in [0.2, 0.25) is 0 Å². The number of amides is 2. The molecule has 3 N–H and O–H groups in total. The predicted octanol–water partition coefficient (Wildman–Crippen LogP) is 1.11. The Kier molecular flexibility index (Phi) is 5.78. The number of imidazole rings is 1. The molecule has 0 saturated heterocycles. The van der Waals surface area contributed by atoms with Gasteiger partial charge >= 0.3 is 6.03 Å². The van der Waals surface area contributed by atoms with E-state index >= 15 is 0 Å². The van der Waals surface area contributed by atoms with Crippen LogP contribution in [-0.2, 0) is 13.1 Å². The number of carbonyl (C=O) groups excluding carboxylic acids is 1. The second-order valence-electron chi connectivity index (χ2n) is 4.74. The summed E-state index contributed by atoms with van der Waals surface area (Å²) < 4.78 is 2.00. The molecule has 6 heteroatoms. The maximum Gasteiger partial charge on any atom is 0.315 e. The zero-order valence-corrected chi connectivity index (χ0v) is 11.8. The maximum absolute atomic E-state index is 11.5. The minimum atomic E-state index is -0.217. The third kappa shape index (κ3) is 5.27. The lowest BCUT2D eigenvalue weighted by Gasteiger charge is -2.08. The van der Waals surface area contributed by atoms with Gasteiger partial charge in [-0.05, 0) is 17.5 Å². The molecule has 6 nitrogen and oxygen atoms in total. The van der Waals surface area contributed by atoms with Crippen LogP contribution in [0, 0.1) is 0 Å². The number of benzene rings is 1. The summed E-state index contributed by atoms with van der Waals surface area (Å²) in [5.74, 6) is 0. The molecule has 21 heavy (non-hydrogen) atoms. The molecule has 0 radical (unpaired) electrons. The van der Waals surface area contributed by atoms with Crippen LogP contribution < -0.4 is 10.6 Å². The number of aromatic nitrogens is 2. The van der Waals surface area contributed by atoms with Crippen LogP contribution in [0.25, 0.3) is 0 Å². The van der Waals surface area contributed by atoms with Gasteiger partial charge in [0.05, 0.1) is 6.33 Å². The van der Waals surface area contributed by atoms with Crippen molar-refractivity contribution in [2.24, 2.45) is 0 Å². The van der Waals surface area contributed by atoms with Gasteiger partial charge in [0.25, 0.3) is 0 Å². The van der Waals surface area contributed by atoms with Gasteiger partial charge in [0, 0.05) is 38.6 Å². The van der Waals surface area contributed by atoms with Crippen LogP contribution in [0.5, 0.6) is 0 Å². The zero-order chi connectivity index (χ0) is 14.9. The molecule has 0 aliphatic rings. The summed E-state index contributed by atoms with van der Waals surface area (Å²) in [6.45, 7) is 1.83. The Balaban J connectivity index is 1.75. The van der Waals surface area contributed by atoms with Crippen molar-refractivity contribution in [2.45, 2.75) is 19.5 Å². The lowest BCUT2D eigenvalue weighted by atomic mass is 10.1. The largest absolute Gasteiger partial charge is 0.396 e. The second-order valence-corrected chi connectivity index (χ2v) is 4.74. The number of hydrogen-bond acceptors (Lipinski definition) is 3. The van der Waals surface area contributed by atoms with Crippen LogP contribution in [0.1, 0.15) is 17.5 Å². The highest BCUT2D eigenvalue weighted by atomic mass is 16.3. The van der Waals surface area contributed by atoms with Gasteiger partial charge in [0.15, 0.2) is 0 Å². The Bertz CT molecular complexity index is 537. The van der Waals surface area contributed by atoms with Gasteiger partial charge in [-0.15, -0.1) is 0 Å². The molecular formula is C15H20N4O2. The van der Waals surface area contributed by atoms with Crippen LogP contribution in [0.4, 0.5) is 4.79 Å². The average molecular weight is 288 g/mol. The molecule has 0 atom stereocenters. The monoisotopic (exact) mass is 288 g/mol. The fourth-order valence-corrected chi connectivity index (χ4v) is 1.88. The van der Waals surface area contributed by atoms with Crippen molar-refractivity contribution in [1.82, 2.24) is 20.2 Å². The quantitative estimate of drug-likeness (QED) is 0.668. The summed E-state index contributed by atoms with van der Waals surface area (Å²) in [7, 11) is 0. The lowest BCUT2D eigenvalue weighted by Crippen LogP contribution is -2.35. The Labute approximate surface area is 123 Å². The molecule has 0 bridgehead atoms. The summed E-state index contributed by atoms with van der Waals surface area (Å²) in [6.07, 6.45) is 6.03. The van der Waals surface area contributed by atoms with Gasteiger partial charge in [-0.2, -0.15) is 0 Å². The molecular weight excluding hydrogens is 268 g/mol. The van der Waals surface area contributed by atoms with Crippen molar-refractivity contribution in [3.8, 4) is 0 Å². The second kappa shape index (κ2) is 8.06. The van der Waals surface area contributed by atoms with E-state index < -0.39 is 0 Å². The van der Waals surface area contributed by atoms with Gasteiger partial charge in [-0.3, -0.25) is 0 Å². The van der Waals surface area contributed by atoms with Gasteiger partial charge in [0.2, 0.25) is 0 Å². The summed E-state index contributed by atoms with van der Waals surface area (Å²) in [5.41, 5.74) is 2.23. The number of hydrogen-bond donors (Lipinski definition) is 3. The third-order valence-electron chi connectivity index (χ3n) is 3.02. The van der Waals surface area contributed by atoms with Crippen LogP contribution in [-0.4, -0.2) is 33.8 Å². The molecule has 0 aliphatic carbocycles. The van der Waals surface area contributed by atoms with Gasteiger partial charge in [-0.25, -0.2) is 9.78 Å². The number of nitrogens with one attached hydrogen (secondary N) is 2. The highest BCUT2D eigenvalue weighted by molar-refractivity contribution is 5.73. The molecule has 0 aliphatic heterocycles. The molecule has 112 valence electrons. The van der Waals surface area contributed by atoms with E-state index in [9.17, 15) is 4.79 Å². The van der Waals surface area contributed by atoms with Crippen molar-refractivity contribution in [3.63, 3.8) is 0 Å². The number of nitrogens with zero attached hydrogens (tertiary/aromatic N) is 2. The van der Waals surface area contributed by atoms with Crippen LogP contribution >= 0.6 is 0 Å². The number of carbonyl (C=O) groups is 1. The highest BCUT2D eigenvalue weighted by Gasteiger charge is 2.00. The fraction of sp³-hybridized carbons (Fsp3) is 0.333. The normalized spacial score (nSPS) is 10.3. The molecule has 0 spiro atoms. The molecule has 1 aromatic carbocycles. The average Bonchev–Trinajstić information content (AvgIpc) is 3.00. The van der Waals surface area contributed by atoms with E-state index in [2.05, 4.69) is 15.6 Å². The van der Waals surface area contributed by atoms with Crippen LogP contribution in [0.15, 0.2) is 43.0 Å². The van der Waals surface area contributed by atoms with Gasteiger partial charge < -0.3 is 20.3 Å². The summed E-state index contributed by atoms with van der Waals surface area (Å²) in [6, 6.07) is 7.87. The third-order valence-corrected chi connectivity index (χ3v) is 3.02. The van der Waals surface area contributed by atoms with E-state index in [1.54, 1.807) is 12.5 Å². The van der Waals surface area contributed by atoms with Crippen molar-refractivity contribution in [3.05, 3.63) is 54.1 Å². The van der Waals surface area contributed by atoms with Gasteiger partial charge in [-0.1, -0.05) is 24.3 Å². The Morgan fingerprint density at radius 2 is 1.95 bits per heavy atom. The highest BCUT2D eigenvalue weighted by Crippen LogP contribution is 2.06. The number of urea groups is 1. The van der Waals surface area contributed by atoms with Crippen molar-refractivity contribution >= 4 is 6.03 Å². The molecule has 2 rings (SSSR count). The standard InChI is InChI=1S/C15H20N4O2/c20-9-1-6-17-15(21)18-10-13-2-4-14(5-3-13)11-19-8-7-16-12-19/h2-5,7-8,12,20H,1,6,9-11H2,(H2,17,18,21). The molecule has 2 aromatic rings. The van der Waals surface area contributed by atoms with Crippen molar-refractivity contribution in [1.29, 1.82) is 0 Å². The first-order valence-electron chi connectivity index (χ1n) is 6.94.